The van der Waals surface area contributed by atoms with Crippen molar-refractivity contribution >= 4 is 11.4 Å². The van der Waals surface area contributed by atoms with Crippen molar-refractivity contribution in [1.82, 2.24) is 0 Å². The molecule has 2 atom stereocenters. The zero-order valence-electron chi connectivity index (χ0n) is 10.9. The Morgan fingerprint density at radius 2 is 1.94 bits per heavy atom. The van der Waals surface area contributed by atoms with Gasteiger partial charge in [-0.25, -0.2) is 4.39 Å². The van der Waals surface area contributed by atoms with E-state index in [1.54, 1.807) is 6.07 Å². The lowest BCUT2D eigenvalue weighted by molar-refractivity contribution is 0.444. The lowest BCUT2D eigenvalue weighted by Crippen LogP contribution is -2.30. The summed E-state index contributed by atoms with van der Waals surface area (Å²) in [5.74, 6) is 0.549. The summed E-state index contributed by atoms with van der Waals surface area (Å²) < 4.78 is 13.6. The number of fused-ring (bicyclic) bond motifs is 2. The van der Waals surface area contributed by atoms with E-state index in [-0.39, 0.29) is 5.82 Å². The zero-order valence-corrected chi connectivity index (χ0v) is 10.9. The fourth-order valence-electron chi connectivity index (χ4n) is 3.21. The van der Waals surface area contributed by atoms with Gasteiger partial charge in [-0.1, -0.05) is 19.3 Å². The van der Waals surface area contributed by atoms with Gasteiger partial charge < -0.3 is 10.6 Å². The highest BCUT2D eigenvalue weighted by Crippen LogP contribution is 2.34. The highest BCUT2D eigenvalue weighted by molar-refractivity contribution is 5.71. The van der Waals surface area contributed by atoms with E-state index >= 15 is 0 Å². The van der Waals surface area contributed by atoms with Crippen LogP contribution < -0.4 is 10.6 Å². The zero-order chi connectivity index (χ0) is 12.5. The molecule has 0 aromatic heterocycles. The van der Waals surface area contributed by atoms with E-state index in [0.717, 1.165) is 23.5 Å². The Bertz CT molecular complexity index is 444. The van der Waals surface area contributed by atoms with Gasteiger partial charge in [0.2, 0.25) is 0 Å². The predicted octanol–water partition coefficient (Wildman–Crippen LogP) is 3.92. The maximum absolute atomic E-state index is 13.6. The van der Waals surface area contributed by atoms with E-state index in [1.807, 2.05) is 13.0 Å². The molecule has 1 aliphatic carbocycles. The molecule has 1 aromatic rings. The summed E-state index contributed by atoms with van der Waals surface area (Å²) in [7, 11) is 0. The maximum Gasteiger partial charge on any atom is 0.128 e. The summed E-state index contributed by atoms with van der Waals surface area (Å²) >= 11 is 0. The van der Waals surface area contributed by atoms with Gasteiger partial charge in [0.05, 0.1) is 11.4 Å². The molecule has 2 N–H and O–H groups in total. The molecule has 1 aliphatic heterocycles. The number of rotatable bonds is 0. The molecule has 0 saturated heterocycles. The van der Waals surface area contributed by atoms with E-state index in [9.17, 15) is 4.39 Å². The molecule has 0 radical (unpaired) electrons. The Kier molecular flexibility index (Phi) is 3.14. The molecule has 0 amide bonds. The summed E-state index contributed by atoms with van der Waals surface area (Å²) in [6, 6.07) is 4.11. The molecule has 0 spiro atoms. The van der Waals surface area contributed by atoms with Crippen LogP contribution in [0.15, 0.2) is 12.1 Å². The lowest BCUT2D eigenvalue weighted by Gasteiger charge is -2.23. The lowest BCUT2D eigenvalue weighted by atomic mass is 9.95. The smallest absolute Gasteiger partial charge is 0.128 e. The summed E-state index contributed by atoms with van der Waals surface area (Å²) in [6.45, 7) is 2.79. The number of hydrogen-bond donors (Lipinski definition) is 2. The van der Waals surface area contributed by atoms with E-state index in [0.29, 0.717) is 12.0 Å². The Morgan fingerprint density at radius 1 is 1.11 bits per heavy atom. The third-order valence-electron chi connectivity index (χ3n) is 4.35. The van der Waals surface area contributed by atoms with Crippen LogP contribution in [0.1, 0.15) is 37.7 Å². The van der Waals surface area contributed by atoms with Crippen LogP contribution in [0.25, 0.3) is 0 Å². The molecule has 18 heavy (non-hydrogen) atoms. The van der Waals surface area contributed by atoms with Gasteiger partial charge in [0.25, 0.3) is 0 Å². The van der Waals surface area contributed by atoms with Crippen LogP contribution in [0.5, 0.6) is 0 Å². The Balaban J connectivity index is 1.90. The van der Waals surface area contributed by atoms with Crippen LogP contribution in [0.4, 0.5) is 15.8 Å². The summed E-state index contributed by atoms with van der Waals surface area (Å²) in [6.07, 6.45) is 6.50. The van der Waals surface area contributed by atoms with Gasteiger partial charge in [0.15, 0.2) is 0 Å². The first-order valence-corrected chi connectivity index (χ1v) is 7.04. The fraction of sp³-hybridized carbons (Fsp3) is 0.600. The highest BCUT2D eigenvalue weighted by atomic mass is 19.1. The van der Waals surface area contributed by atoms with Crippen LogP contribution in [0.3, 0.4) is 0 Å². The van der Waals surface area contributed by atoms with E-state index in [2.05, 4.69) is 10.6 Å². The number of anilines is 2. The standard InChI is InChI=1S/C15H21FN2/c1-10-7-15-14(8-12(10)16)17-9-11-5-3-2-4-6-13(11)18-15/h7-8,11,13,17-18H,2-6,9H2,1H3. The van der Waals surface area contributed by atoms with Gasteiger partial charge in [-0.15, -0.1) is 0 Å². The molecule has 3 rings (SSSR count). The van der Waals surface area contributed by atoms with Crippen molar-refractivity contribution in [2.75, 3.05) is 17.2 Å². The van der Waals surface area contributed by atoms with E-state index < -0.39 is 0 Å². The van der Waals surface area contributed by atoms with Gasteiger partial charge in [-0.2, -0.15) is 0 Å². The van der Waals surface area contributed by atoms with E-state index in [1.165, 1.54) is 32.1 Å². The minimum atomic E-state index is -0.120. The third-order valence-corrected chi connectivity index (χ3v) is 4.35. The van der Waals surface area contributed by atoms with Crippen molar-refractivity contribution in [1.29, 1.82) is 0 Å². The molecule has 1 heterocycles. The van der Waals surface area contributed by atoms with Crippen molar-refractivity contribution in [2.24, 2.45) is 5.92 Å². The number of halogens is 1. The molecule has 98 valence electrons. The largest absolute Gasteiger partial charge is 0.383 e. The van der Waals surface area contributed by atoms with Crippen molar-refractivity contribution in [2.45, 2.75) is 45.1 Å². The monoisotopic (exact) mass is 248 g/mol. The van der Waals surface area contributed by atoms with Crippen molar-refractivity contribution in [3.05, 3.63) is 23.5 Å². The molecule has 0 bridgehead atoms. The molecular formula is C15H21FN2. The normalized spacial score (nSPS) is 27.0. The topological polar surface area (TPSA) is 24.1 Å². The third kappa shape index (κ3) is 2.18. The van der Waals surface area contributed by atoms with Crippen LogP contribution in [0, 0.1) is 18.7 Å². The first-order valence-electron chi connectivity index (χ1n) is 7.04. The van der Waals surface area contributed by atoms with Crippen LogP contribution in [-0.4, -0.2) is 12.6 Å². The Labute approximate surface area is 108 Å². The maximum atomic E-state index is 13.6. The second-order valence-electron chi connectivity index (χ2n) is 5.68. The summed E-state index contributed by atoms with van der Waals surface area (Å²) in [5.41, 5.74) is 2.71. The molecule has 2 nitrogen and oxygen atoms in total. The van der Waals surface area contributed by atoms with Gasteiger partial charge in [0, 0.05) is 12.6 Å². The molecule has 3 heteroatoms. The number of benzene rings is 1. The summed E-state index contributed by atoms with van der Waals surface area (Å²) in [5, 5.41) is 7.06. The fourth-order valence-corrected chi connectivity index (χ4v) is 3.21. The quantitative estimate of drug-likeness (QED) is 0.727. The van der Waals surface area contributed by atoms with E-state index in [4.69, 9.17) is 0 Å². The molecule has 1 aromatic carbocycles. The highest BCUT2D eigenvalue weighted by Gasteiger charge is 2.27. The number of aryl methyl sites for hydroxylation is 1. The van der Waals surface area contributed by atoms with Gasteiger partial charge >= 0.3 is 0 Å². The number of nitrogens with one attached hydrogen (secondary N) is 2. The molecule has 2 unspecified atom stereocenters. The number of hydrogen-bond acceptors (Lipinski definition) is 2. The van der Waals surface area contributed by atoms with Crippen LogP contribution in [0.2, 0.25) is 0 Å². The van der Waals surface area contributed by atoms with Crippen LogP contribution in [-0.2, 0) is 0 Å². The SMILES string of the molecule is Cc1cc2c(cc1F)NCC1CCCCCC1N2. The molecular weight excluding hydrogens is 227 g/mol. The molecule has 1 fully saturated rings. The second kappa shape index (κ2) is 4.79. The van der Waals surface area contributed by atoms with Gasteiger partial charge in [-0.3, -0.25) is 0 Å². The average Bonchev–Trinajstić information content (AvgIpc) is 2.64. The molecule has 1 saturated carbocycles. The van der Waals surface area contributed by atoms with Gasteiger partial charge in [0.1, 0.15) is 5.82 Å². The van der Waals surface area contributed by atoms with Crippen molar-refractivity contribution in [3.8, 4) is 0 Å². The van der Waals surface area contributed by atoms with Gasteiger partial charge in [-0.05, 0) is 43.4 Å². The minimum Gasteiger partial charge on any atom is -0.383 e. The van der Waals surface area contributed by atoms with Crippen molar-refractivity contribution < 1.29 is 4.39 Å². The predicted molar refractivity (Wildman–Crippen MR) is 73.6 cm³/mol. The Hall–Kier alpha value is -1.25. The Morgan fingerprint density at radius 3 is 2.83 bits per heavy atom. The first kappa shape index (κ1) is 11.8. The second-order valence-corrected chi connectivity index (χ2v) is 5.68. The average molecular weight is 248 g/mol. The summed E-state index contributed by atoms with van der Waals surface area (Å²) in [4.78, 5) is 0. The molecule has 2 aliphatic rings. The van der Waals surface area contributed by atoms with Crippen LogP contribution >= 0.6 is 0 Å². The first-order chi connectivity index (χ1) is 8.74. The van der Waals surface area contributed by atoms with Crippen molar-refractivity contribution in [3.63, 3.8) is 0 Å². The minimum absolute atomic E-state index is 0.120.